The zero-order valence-corrected chi connectivity index (χ0v) is 11.2. The molecule has 96 valence electrons. The van der Waals surface area contributed by atoms with Crippen LogP contribution >= 0.6 is 0 Å². The SMILES string of the molecule is CCC1CCC(N)C(OCCCC(C)C)C1. The van der Waals surface area contributed by atoms with Gasteiger partial charge in [-0.2, -0.15) is 0 Å². The van der Waals surface area contributed by atoms with Crippen molar-refractivity contribution >= 4 is 0 Å². The Hall–Kier alpha value is -0.0800. The van der Waals surface area contributed by atoms with Crippen molar-refractivity contribution in [2.75, 3.05) is 6.61 Å². The Morgan fingerprint density at radius 3 is 2.69 bits per heavy atom. The first-order valence-electron chi connectivity index (χ1n) is 7.00. The summed E-state index contributed by atoms with van der Waals surface area (Å²) in [6, 6.07) is 0.279. The summed E-state index contributed by atoms with van der Waals surface area (Å²) < 4.78 is 5.95. The van der Waals surface area contributed by atoms with Gasteiger partial charge < -0.3 is 10.5 Å². The Labute approximate surface area is 101 Å². The molecule has 0 bridgehead atoms. The summed E-state index contributed by atoms with van der Waals surface area (Å²) in [5.41, 5.74) is 6.11. The number of nitrogens with two attached hydrogens (primary N) is 1. The monoisotopic (exact) mass is 227 g/mol. The van der Waals surface area contributed by atoms with Crippen LogP contribution in [-0.4, -0.2) is 18.8 Å². The third-order valence-corrected chi connectivity index (χ3v) is 3.79. The molecule has 0 aromatic rings. The fraction of sp³-hybridized carbons (Fsp3) is 1.00. The smallest absolute Gasteiger partial charge is 0.0728 e. The lowest BCUT2D eigenvalue weighted by atomic mass is 9.83. The van der Waals surface area contributed by atoms with Crippen LogP contribution in [0, 0.1) is 11.8 Å². The molecule has 0 amide bonds. The molecule has 0 heterocycles. The molecule has 0 spiro atoms. The maximum atomic E-state index is 6.11. The van der Waals surface area contributed by atoms with E-state index in [0.717, 1.165) is 24.9 Å². The third-order valence-electron chi connectivity index (χ3n) is 3.79. The van der Waals surface area contributed by atoms with E-state index in [1.54, 1.807) is 0 Å². The molecule has 1 saturated carbocycles. The molecule has 0 aromatic carbocycles. The molecule has 16 heavy (non-hydrogen) atoms. The van der Waals surface area contributed by atoms with Gasteiger partial charge in [0, 0.05) is 12.6 Å². The topological polar surface area (TPSA) is 35.2 Å². The lowest BCUT2D eigenvalue weighted by Gasteiger charge is -2.33. The molecule has 0 aromatic heterocycles. The summed E-state index contributed by atoms with van der Waals surface area (Å²) in [5.74, 6) is 1.63. The van der Waals surface area contributed by atoms with Gasteiger partial charge in [-0.1, -0.05) is 27.2 Å². The molecular weight excluding hydrogens is 198 g/mol. The molecule has 1 rings (SSSR count). The number of hydrogen-bond donors (Lipinski definition) is 1. The van der Waals surface area contributed by atoms with Gasteiger partial charge in [-0.05, 0) is 43.9 Å². The van der Waals surface area contributed by atoms with Gasteiger partial charge in [-0.25, -0.2) is 0 Å². The Balaban J connectivity index is 2.18. The Morgan fingerprint density at radius 1 is 1.31 bits per heavy atom. The molecule has 2 heteroatoms. The van der Waals surface area contributed by atoms with Crippen molar-refractivity contribution in [1.82, 2.24) is 0 Å². The van der Waals surface area contributed by atoms with E-state index in [1.807, 2.05) is 0 Å². The Bertz CT molecular complexity index is 182. The van der Waals surface area contributed by atoms with Crippen LogP contribution in [0.3, 0.4) is 0 Å². The minimum Gasteiger partial charge on any atom is -0.377 e. The number of rotatable bonds is 6. The first-order chi connectivity index (χ1) is 7.63. The van der Waals surface area contributed by atoms with E-state index in [0.29, 0.717) is 6.10 Å². The van der Waals surface area contributed by atoms with Crippen LogP contribution in [0.4, 0.5) is 0 Å². The second-order valence-electron chi connectivity index (χ2n) is 5.70. The fourth-order valence-electron chi connectivity index (χ4n) is 2.52. The zero-order chi connectivity index (χ0) is 12.0. The van der Waals surface area contributed by atoms with Crippen molar-refractivity contribution in [1.29, 1.82) is 0 Å². The van der Waals surface area contributed by atoms with Crippen molar-refractivity contribution in [3.63, 3.8) is 0 Å². The predicted octanol–water partition coefficient (Wildman–Crippen LogP) is 3.35. The molecule has 3 atom stereocenters. The van der Waals surface area contributed by atoms with Crippen LogP contribution in [-0.2, 0) is 4.74 Å². The molecule has 3 unspecified atom stereocenters. The molecule has 0 saturated heterocycles. The molecule has 2 nitrogen and oxygen atoms in total. The van der Waals surface area contributed by atoms with Crippen molar-refractivity contribution in [3.05, 3.63) is 0 Å². The van der Waals surface area contributed by atoms with Crippen LogP contribution in [0.25, 0.3) is 0 Å². The number of hydrogen-bond acceptors (Lipinski definition) is 2. The summed E-state index contributed by atoms with van der Waals surface area (Å²) in [4.78, 5) is 0. The summed E-state index contributed by atoms with van der Waals surface area (Å²) >= 11 is 0. The average Bonchev–Trinajstić information content (AvgIpc) is 2.26. The highest BCUT2D eigenvalue weighted by molar-refractivity contribution is 4.82. The minimum atomic E-state index is 0.279. The lowest BCUT2D eigenvalue weighted by molar-refractivity contribution is -0.00308. The maximum absolute atomic E-state index is 6.11. The van der Waals surface area contributed by atoms with Gasteiger partial charge in [0.1, 0.15) is 0 Å². The highest BCUT2D eigenvalue weighted by Gasteiger charge is 2.27. The lowest BCUT2D eigenvalue weighted by Crippen LogP contribution is -2.42. The van der Waals surface area contributed by atoms with E-state index in [1.165, 1.54) is 32.1 Å². The van der Waals surface area contributed by atoms with Crippen molar-refractivity contribution in [2.24, 2.45) is 17.6 Å². The average molecular weight is 227 g/mol. The fourth-order valence-corrected chi connectivity index (χ4v) is 2.52. The standard InChI is InChI=1S/C14H29NO/c1-4-12-7-8-13(15)14(10-12)16-9-5-6-11(2)3/h11-14H,4-10,15H2,1-3H3. The summed E-state index contributed by atoms with van der Waals surface area (Å²) in [5, 5.41) is 0. The Morgan fingerprint density at radius 2 is 2.06 bits per heavy atom. The minimum absolute atomic E-state index is 0.279. The number of ether oxygens (including phenoxy) is 1. The highest BCUT2D eigenvalue weighted by Crippen LogP contribution is 2.28. The van der Waals surface area contributed by atoms with Crippen LogP contribution in [0.2, 0.25) is 0 Å². The van der Waals surface area contributed by atoms with Gasteiger partial charge >= 0.3 is 0 Å². The maximum Gasteiger partial charge on any atom is 0.0728 e. The van der Waals surface area contributed by atoms with E-state index >= 15 is 0 Å². The van der Waals surface area contributed by atoms with E-state index < -0.39 is 0 Å². The van der Waals surface area contributed by atoms with Crippen LogP contribution < -0.4 is 5.73 Å². The van der Waals surface area contributed by atoms with Crippen LogP contribution in [0.1, 0.15) is 59.3 Å². The molecule has 0 radical (unpaired) electrons. The van der Waals surface area contributed by atoms with Gasteiger partial charge in [-0.15, -0.1) is 0 Å². The van der Waals surface area contributed by atoms with Gasteiger partial charge in [0.05, 0.1) is 6.10 Å². The van der Waals surface area contributed by atoms with Gasteiger partial charge in [0.15, 0.2) is 0 Å². The molecule has 0 aliphatic heterocycles. The van der Waals surface area contributed by atoms with E-state index in [9.17, 15) is 0 Å². The van der Waals surface area contributed by atoms with Crippen molar-refractivity contribution in [3.8, 4) is 0 Å². The summed E-state index contributed by atoms with van der Waals surface area (Å²) in [6.07, 6.45) is 7.66. The molecule has 1 aliphatic carbocycles. The third kappa shape index (κ3) is 4.84. The van der Waals surface area contributed by atoms with Crippen molar-refractivity contribution < 1.29 is 4.74 Å². The second kappa shape index (κ2) is 7.29. The van der Waals surface area contributed by atoms with Crippen LogP contribution in [0.15, 0.2) is 0 Å². The van der Waals surface area contributed by atoms with E-state index in [2.05, 4.69) is 20.8 Å². The molecular formula is C14H29NO. The van der Waals surface area contributed by atoms with E-state index in [4.69, 9.17) is 10.5 Å². The largest absolute Gasteiger partial charge is 0.377 e. The van der Waals surface area contributed by atoms with E-state index in [-0.39, 0.29) is 6.04 Å². The first-order valence-corrected chi connectivity index (χ1v) is 7.00. The predicted molar refractivity (Wildman–Crippen MR) is 69.4 cm³/mol. The van der Waals surface area contributed by atoms with Gasteiger partial charge in [0.25, 0.3) is 0 Å². The molecule has 2 N–H and O–H groups in total. The summed E-state index contributed by atoms with van der Waals surface area (Å²) in [6.45, 7) is 7.70. The zero-order valence-electron chi connectivity index (χ0n) is 11.2. The Kier molecular flexibility index (Phi) is 6.37. The molecule has 1 fully saturated rings. The van der Waals surface area contributed by atoms with Crippen molar-refractivity contribution in [2.45, 2.75) is 71.4 Å². The normalized spacial score (nSPS) is 30.9. The highest BCUT2D eigenvalue weighted by atomic mass is 16.5. The molecule has 1 aliphatic rings. The second-order valence-corrected chi connectivity index (χ2v) is 5.70. The quantitative estimate of drug-likeness (QED) is 0.706. The first kappa shape index (κ1) is 14.0. The summed E-state index contributed by atoms with van der Waals surface area (Å²) in [7, 11) is 0. The van der Waals surface area contributed by atoms with Crippen LogP contribution in [0.5, 0.6) is 0 Å². The van der Waals surface area contributed by atoms with Gasteiger partial charge in [0.2, 0.25) is 0 Å². The van der Waals surface area contributed by atoms with Gasteiger partial charge in [-0.3, -0.25) is 0 Å².